The van der Waals surface area contributed by atoms with Gasteiger partial charge in [0, 0.05) is 11.8 Å². The number of hydrogen-bond acceptors (Lipinski definition) is 5. The topological polar surface area (TPSA) is 74.2 Å². The summed E-state index contributed by atoms with van der Waals surface area (Å²) in [5.41, 5.74) is 7.71. The minimum absolute atomic E-state index is 0.332. The highest BCUT2D eigenvalue weighted by molar-refractivity contribution is 5.43. The third-order valence-electron chi connectivity index (χ3n) is 1.98. The highest BCUT2D eigenvalue weighted by Gasteiger charge is 2.05. The number of rotatable bonds is 3. The van der Waals surface area contributed by atoms with Gasteiger partial charge in [-0.15, -0.1) is 0 Å². The molecule has 2 N–H and O–H groups in total. The molecule has 5 nitrogen and oxygen atoms in total. The Hall–Kier alpha value is -2.04. The Kier molecular flexibility index (Phi) is 2.53. The van der Waals surface area contributed by atoms with Gasteiger partial charge in [-0.2, -0.15) is 0 Å². The number of hydrogen-bond donors (Lipinski definition) is 1. The lowest BCUT2D eigenvalue weighted by Crippen LogP contribution is -1.98. The predicted octanol–water partition coefficient (Wildman–Crippen LogP) is 1.54. The van der Waals surface area contributed by atoms with Gasteiger partial charge in [-0.05, 0) is 19.1 Å². The molecular weight excluding hydrogens is 194 g/mol. The van der Waals surface area contributed by atoms with E-state index in [2.05, 4.69) is 14.9 Å². The maximum absolute atomic E-state index is 5.61. The Morgan fingerprint density at radius 2 is 2.27 bits per heavy atom. The summed E-state index contributed by atoms with van der Waals surface area (Å²) in [6.07, 6.45) is 0. The molecule has 1 heterocycles. The molecule has 2 aromatic rings. The fraction of sp³-hybridized carbons (Fsp3) is 0.200. The second kappa shape index (κ2) is 4.00. The molecule has 0 saturated carbocycles. The van der Waals surface area contributed by atoms with Crippen LogP contribution in [0.1, 0.15) is 11.4 Å². The molecule has 0 saturated heterocycles. The SMILES string of the molecule is Cc1nonc1COc1cccc(N)c1. The third-order valence-corrected chi connectivity index (χ3v) is 1.98. The lowest BCUT2D eigenvalue weighted by Gasteiger charge is -2.04. The summed E-state index contributed by atoms with van der Waals surface area (Å²) < 4.78 is 10.0. The minimum Gasteiger partial charge on any atom is -0.487 e. The Bertz CT molecular complexity index is 453. The maximum atomic E-state index is 5.61. The minimum atomic E-state index is 0.332. The number of nitrogen functional groups attached to an aromatic ring is 1. The van der Waals surface area contributed by atoms with Crippen LogP contribution in [0.5, 0.6) is 5.75 Å². The van der Waals surface area contributed by atoms with Gasteiger partial charge in [0.25, 0.3) is 0 Å². The van der Waals surface area contributed by atoms with E-state index in [9.17, 15) is 0 Å². The zero-order chi connectivity index (χ0) is 10.7. The van der Waals surface area contributed by atoms with E-state index in [0.29, 0.717) is 23.7 Å². The molecule has 1 aromatic heterocycles. The zero-order valence-electron chi connectivity index (χ0n) is 8.30. The van der Waals surface area contributed by atoms with Crippen molar-refractivity contribution in [3.05, 3.63) is 35.7 Å². The van der Waals surface area contributed by atoms with Gasteiger partial charge in [0.1, 0.15) is 23.7 Å². The molecule has 0 fully saturated rings. The van der Waals surface area contributed by atoms with E-state index in [1.165, 1.54) is 0 Å². The van der Waals surface area contributed by atoms with Gasteiger partial charge in [-0.25, -0.2) is 4.63 Å². The van der Waals surface area contributed by atoms with Gasteiger partial charge >= 0.3 is 0 Å². The zero-order valence-corrected chi connectivity index (χ0v) is 8.30. The first kappa shape index (κ1) is 9.51. The van der Waals surface area contributed by atoms with Gasteiger partial charge in [-0.1, -0.05) is 16.4 Å². The molecule has 0 atom stereocenters. The maximum Gasteiger partial charge on any atom is 0.145 e. The van der Waals surface area contributed by atoms with E-state index >= 15 is 0 Å². The summed E-state index contributed by atoms with van der Waals surface area (Å²) in [5, 5.41) is 7.37. The normalized spacial score (nSPS) is 10.2. The molecule has 0 aliphatic heterocycles. The van der Waals surface area contributed by atoms with Crippen LogP contribution in [0.15, 0.2) is 28.9 Å². The van der Waals surface area contributed by atoms with E-state index in [4.69, 9.17) is 10.5 Å². The average Bonchev–Trinajstić information content (AvgIpc) is 2.61. The van der Waals surface area contributed by atoms with Crippen LogP contribution >= 0.6 is 0 Å². The van der Waals surface area contributed by atoms with Gasteiger partial charge in [0.2, 0.25) is 0 Å². The van der Waals surface area contributed by atoms with Crippen LogP contribution in [0.25, 0.3) is 0 Å². The summed E-state index contributed by atoms with van der Waals surface area (Å²) in [6, 6.07) is 7.22. The fourth-order valence-corrected chi connectivity index (χ4v) is 1.14. The van der Waals surface area contributed by atoms with Gasteiger partial charge < -0.3 is 10.5 Å². The number of benzene rings is 1. The molecule has 1 aromatic carbocycles. The second-order valence-corrected chi connectivity index (χ2v) is 3.16. The van der Waals surface area contributed by atoms with Crippen LogP contribution in [-0.2, 0) is 6.61 Å². The summed E-state index contributed by atoms with van der Waals surface area (Å²) in [4.78, 5) is 0. The fourth-order valence-electron chi connectivity index (χ4n) is 1.14. The Morgan fingerprint density at radius 3 is 2.93 bits per heavy atom. The number of ether oxygens (including phenoxy) is 1. The molecule has 0 aliphatic rings. The number of nitrogens with zero attached hydrogens (tertiary/aromatic N) is 2. The highest BCUT2D eigenvalue weighted by Crippen LogP contribution is 2.16. The summed E-state index contributed by atoms with van der Waals surface area (Å²) in [5.74, 6) is 0.706. The van der Waals surface area contributed by atoms with Crippen molar-refractivity contribution in [3.63, 3.8) is 0 Å². The highest BCUT2D eigenvalue weighted by atomic mass is 16.6. The smallest absolute Gasteiger partial charge is 0.145 e. The third kappa shape index (κ3) is 2.25. The molecule has 0 amide bonds. The van der Waals surface area contributed by atoms with E-state index in [0.717, 1.165) is 5.69 Å². The lowest BCUT2D eigenvalue weighted by molar-refractivity contribution is 0.270. The molecule has 0 spiro atoms. The first-order chi connectivity index (χ1) is 7.25. The van der Waals surface area contributed by atoms with Crippen LogP contribution < -0.4 is 10.5 Å². The lowest BCUT2D eigenvalue weighted by atomic mass is 10.3. The second-order valence-electron chi connectivity index (χ2n) is 3.16. The first-order valence-corrected chi connectivity index (χ1v) is 4.52. The van der Waals surface area contributed by atoms with Crippen molar-refractivity contribution in [1.82, 2.24) is 10.3 Å². The van der Waals surface area contributed by atoms with Gasteiger partial charge in [0.05, 0.1) is 0 Å². The molecular formula is C10H11N3O2. The van der Waals surface area contributed by atoms with Crippen molar-refractivity contribution in [2.75, 3.05) is 5.73 Å². The van der Waals surface area contributed by atoms with Gasteiger partial charge in [0.15, 0.2) is 0 Å². The summed E-state index contributed by atoms with van der Waals surface area (Å²) >= 11 is 0. The molecule has 2 rings (SSSR count). The molecule has 0 bridgehead atoms. The number of aryl methyl sites for hydroxylation is 1. The largest absolute Gasteiger partial charge is 0.487 e. The van der Waals surface area contributed by atoms with Crippen LogP contribution in [-0.4, -0.2) is 10.3 Å². The Morgan fingerprint density at radius 1 is 1.40 bits per heavy atom. The van der Waals surface area contributed by atoms with Crippen molar-refractivity contribution in [3.8, 4) is 5.75 Å². The quantitative estimate of drug-likeness (QED) is 0.769. The predicted molar refractivity (Wildman–Crippen MR) is 54.2 cm³/mol. The average molecular weight is 205 g/mol. The first-order valence-electron chi connectivity index (χ1n) is 4.52. The summed E-state index contributed by atoms with van der Waals surface area (Å²) in [7, 11) is 0. The Balaban J connectivity index is 2.02. The number of anilines is 1. The molecule has 15 heavy (non-hydrogen) atoms. The van der Waals surface area contributed by atoms with Crippen molar-refractivity contribution in [2.24, 2.45) is 0 Å². The van der Waals surface area contributed by atoms with Gasteiger partial charge in [-0.3, -0.25) is 0 Å². The molecule has 0 unspecified atom stereocenters. The van der Waals surface area contributed by atoms with Crippen LogP contribution in [0, 0.1) is 6.92 Å². The van der Waals surface area contributed by atoms with Crippen molar-refractivity contribution < 1.29 is 9.37 Å². The van der Waals surface area contributed by atoms with Crippen LogP contribution in [0.3, 0.4) is 0 Å². The Labute approximate surface area is 86.8 Å². The molecule has 5 heteroatoms. The standard InChI is InChI=1S/C10H11N3O2/c1-7-10(13-15-12-7)6-14-9-4-2-3-8(11)5-9/h2-5H,6,11H2,1H3. The van der Waals surface area contributed by atoms with Crippen LogP contribution in [0.2, 0.25) is 0 Å². The number of nitrogens with two attached hydrogens (primary N) is 1. The van der Waals surface area contributed by atoms with Crippen molar-refractivity contribution >= 4 is 5.69 Å². The molecule has 0 radical (unpaired) electrons. The van der Waals surface area contributed by atoms with Crippen LogP contribution in [0.4, 0.5) is 5.69 Å². The van der Waals surface area contributed by atoms with E-state index in [1.54, 1.807) is 12.1 Å². The van der Waals surface area contributed by atoms with Crippen molar-refractivity contribution in [2.45, 2.75) is 13.5 Å². The number of aromatic nitrogens is 2. The molecule has 0 aliphatic carbocycles. The molecule has 78 valence electrons. The van der Waals surface area contributed by atoms with Crippen molar-refractivity contribution in [1.29, 1.82) is 0 Å². The monoisotopic (exact) mass is 205 g/mol. The van der Waals surface area contributed by atoms with E-state index in [1.807, 2.05) is 19.1 Å². The van der Waals surface area contributed by atoms with E-state index < -0.39 is 0 Å². The van der Waals surface area contributed by atoms with E-state index in [-0.39, 0.29) is 0 Å². The summed E-state index contributed by atoms with van der Waals surface area (Å²) in [6.45, 7) is 2.15.